The molecule has 182 valence electrons. The summed E-state index contributed by atoms with van der Waals surface area (Å²) in [6.07, 6.45) is -3.94. The van der Waals surface area contributed by atoms with Crippen LogP contribution in [-0.4, -0.2) is 35.4 Å². The zero-order valence-electron chi connectivity index (χ0n) is 18.9. The normalized spacial score (nSPS) is 18.8. The SMILES string of the molecule is CC(C)(C)OC(=O)N[C@H]1CCN(c2c(F)cc3c(C(F)(F)F)cc(=O)n(C4CC4)c3c2C#N)C1. The largest absolute Gasteiger partial charge is 0.444 e. The van der Waals surface area contributed by atoms with Gasteiger partial charge in [0.2, 0.25) is 0 Å². The predicted octanol–water partition coefficient (Wildman–Crippen LogP) is 4.47. The number of nitriles is 1. The molecule has 0 spiro atoms. The van der Waals surface area contributed by atoms with Gasteiger partial charge in [0, 0.05) is 30.6 Å². The van der Waals surface area contributed by atoms with Crippen LogP contribution in [0.5, 0.6) is 0 Å². The number of rotatable bonds is 3. The first-order valence-electron chi connectivity index (χ1n) is 10.9. The van der Waals surface area contributed by atoms with Gasteiger partial charge in [-0.2, -0.15) is 18.4 Å². The maximum atomic E-state index is 15.3. The highest BCUT2D eigenvalue weighted by Crippen LogP contribution is 2.43. The lowest BCUT2D eigenvalue weighted by atomic mass is 10.0. The second-order valence-corrected chi connectivity index (χ2v) is 9.66. The van der Waals surface area contributed by atoms with Crippen molar-refractivity contribution in [2.24, 2.45) is 0 Å². The molecular formula is C23H24F4N4O3. The molecule has 1 saturated carbocycles. The van der Waals surface area contributed by atoms with E-state index in [9.17, 15) is 28.0 Å². The Morgan fingerprint density at radius 3 is 2.44 bits per heavy atom. The topological polar surface area (TPSA) is 87.4 Å². The fourth-order valence-corrected chi connectivity index (χ4v) is 4.37. The number of anilines is 1. The first-order chi connectivity index (χ1) is 15.8. The van der Waals surface area contributed by atoms with Crippen molar-refractivity contribution in [2.75, 3.05) is 18.0 Å². The fourth-order valence-electron chi connectivity index (χ4n) is 4.37. The molecular weight excluding hydrogens is 456 g/mol. The van der Waals surface area contributed by atoms with Crippen LogP contribution in [0.15, 0.2) is 16.9 Å². The van der Waals surface area contributed by atoms with E-state index >= 15 is 4.39 Å². The van der Waals surface area contributed by atoms with Gasteiger partial charge in [-0.05, 0) is 46.1 Å². The third kappa shape index (κ3) is 4.54. The number of alkyl carbamates (subject to hydrolysis) is 1. The van der Waals surface area contributed by atoms with Crippen LogP contribution in [0.3, 0.4) is 0 Å². The Bertz CT molecular complexity index is 1250. The molecule has 1 aromatic carbocycles. The summed E-state index contributed by atoms with van der Waals surface area (Å²) in [5, 5.41) is 12.1. The Hall–Kier alpha value is -3.29. The Balaban J connectivity index is 1.79. The van der Waals surface area contributed by atoms with Crippen LogP contribution < -0.4 is 15.8 Å². The van der Waals surface area contributed by atoms with Crippen molar-refractivity contribution < 1.29 is 27.1 Å². The number of halogens is 4. The Labute approximate surface area is 192 Å². The van der Waals surface area contributed by atoms with Gasteiger partial charge >= 0.3 is 12.3 Å². The maximum Gasteiger partial charge on any atom is 0.417 e. The van der Waals surface area contributed by atoms with E-state index in [1.807, 2.05) is 6.07 Å². The molecule has 7 nitrogen and oxygen atoms in total. The average molecular weight is 480 g/mol. The molecule has 2 aliphatic rings. The maximum absolute atomic E-state index is 15.3. The molecule has 2 fully saturated rings. The van der Waals surface area contributed by atoms with Gasteiger partial charge in [-0.15, -0.1) is 0 Å². The third-order valence-corrected chi connectivity index (χ3v) is 5.82. The van der Waals surface area contributed by atoms with Crippen LogP contribution in [0.2, 0.25) is 0 Å². The highest BCUT2D eigenvalue weighted by atomic mass is 19.4. The molecule has 4 rings (SSSR count). The molecule has 0 radical (unpaired) electrons. The van der Waals surface area contributed by atoms with Crippen LogP contribution in [-0.2, 0) is 10.9 Å². The van der Waals surface area contributed by atoms with E-state index in [-0.39, 0.29) is 35.9 Å². The monoisotopic (exact) mass is 480 g/mol. The van der Waals surface area contributed by atoms with Crippen molar-refractivity contribution in [2.45, 2.75) is 63.9 Å². The Morgan fingerprint density at radius 1 is 1.21 bits per heavy atom. The summed E-state index contributed by atoms with van der Waals surface area (Å²) in [6.45, 7) is 5.52. The lowest BCUT2D eigenvalue weighted by Gasteiger charge is -2.25. The molecule has 1 N–H and O–H groups in total. The molecule has 0 bridgehead atoms. The fraction of sp³-hybridized carbons (Fsp3) is 0.522. The van der Waals surface area contributed by atoms with E-state index in [4.69, 9.17) is 4.74 Å². The van der Waals surface area contributed by atoms with E-state index in [1.54, 1.807) is 20.8 Å². The lowest BCUT2D eigenvalue weighted by molar-refractivity contribution is -0.136. The number of benzene rings is 1. The van der Waals surface area contributed by atoms with Crippen molar-refractivity contribution in [1.82, 2.24) is 9.88 Å². The van der Waals surface area contributed by atoms with Gasteiger partial charge in [0.05, 0.1) is 22.8 Å². The van der Waals surface area contributed by atoms with E-state index in [0.717, 1.165) is 6.07 Å². The lowest BCUT2D eigenvalue weighted by Crippen LogP contribution is -2.40. The smallest absolute Gasteiger partial charge is 0.417 e. The first kappa shape index (κ1) is 23.9. The van der Waals surface area contributed by atoms with Crippen LogP contribution in [0.25, 0.3) is 10.9 Å². The van der Waals surface area contributed by atoms with Gasteiger partial charge in [0.25, 0.3) is 5.56 Å². The number of fused-ring (bicyclic) bond motifs is 1. The summed E-state index contributed by atoms with van der Waals surface area (Å²) < 4.78 is 62.8. The molecule has 1 saturated heterocycles. The molecule has 1 aliphatic carbocycles. The number of nitrogens with zero attached hydrogens (tertiary/aromatic N) is 3. The van der Waals surface area contributed by atoms with Crippen molar-refractivity contribution in [3.63, 3.8) is 0 Å². The van der Waals surface area contributed by atoms with Crippen LogP contribution in [0, 0.1) is 17.1 Å². The summed E-state index contributed by atoms with van der Waals surface area (Å²) >= 11 is 0. The standard InChI is InChI=1S/C23H24F4N4O3/c1-22(2,3)34-21(33)29-12-6-7-30(11-12)20-15(10-28)19-14(8-17(20)24)16(23(25,26)27)9-18(32)31(19)13-4-5-13/h8-9,12-13H,4-7,11H2,1-3H3,(H,29,33)/t12-/m0/s1. The Morgan fingerprint density at radius 2 is 1.88 bits per heavy atom. The molecule has 1 amide bonds. The molecule has 1 aliphatic heterocycles. The van der Waals surface area contributed by atoms with E-state index in [1.165, 1.54) is 9.47 Å². The number of nitrogens with one attached hydrogen (secondary N) is 1. The number of aromatic nitrogens is 1. The minimum absolute atomic E-state index is 0.128. The number of pyridine rings is 1. The molecule has 34 heavy (non-hydrogen) atoms. The summed E-state index contributed by atoms with van der Waals surface area (Å²) in [4.78, 5) is 26.2. The van der Waals surface area contributed by atoms with Gasteiger partial charge in [-0.25, -0.2) is 9.18 Å². The first-order valence-corrected chi connectivity index (χ1v) is 10.9. The number of alkyl halides is 3. The van der Waals surface area contributed by atoms with Gasteiger partial charge in [0.1, 0.15) is 23.1 Å². The van der Waals surface area contributed by atoms with Crippen molar-refractivity contribution in [3.05, 3.63) is 39.4 Å². The minimum atomic E-state index is -4.89. The summed E-state index contributed by atoms with van der Waals surface area (Å²) in [5.41, 5.74) is -3.53. The molecule has 2 heterocycles. The third-order valence-electron chi connectivity index (χ3n) is 5.82. The number of hydrogen-bond donors (Lipinski definition) is 1. The van der Waals surface area contributed by atoms with E-state index in [0.29, 0.717) is 25.3 Å². The van der Waals surface area contributed by atoms with Gasteiger partial charge in [0.15, 0.2) is 0 Å². The van der Waals surface area contributed by atoms with Crippen LogP contribution >= 0.6 is 0 Å². The molecule has 0 unspecified atom stereocenters. The van der Waals surface area contributed by atoms with Gasteiger partial charge < -0.3 is 19.5 Å². The number of hydrogen-bond acceptors (Lipinski definition) is 5. The number of ether oxygens (including phenoxy) is 1. The second-order valence-electron chi connectivity index (χ2n) is 9.66. The summed E-state index contributed by atoms with van der Waals surface area (Å²) in [6, 6.07) is 2.33. The number of carbonyl (C=O) groups is 1. The quantitative estimate of drug-likeness (QED) is 0.655. The van der Waals surface area contributed by atoms with Crippen LogP contribution in [0.1, 0.15) is 57.2 Å². The van der Waals surface area contributed by atoms with Crippen LogP contribution in [0.4, 0.5) is 28.0 Å². The highest BCUT2D eigenvalue weighted by molar-refractivity contribution is 5.93. The molecule has 2 aromatic rings. The van der Waals surface area contributed by atoms with Crippen molar-refractivity contribution >= 4 is 22.7 Å². The second kappa shape index (κ2) is 8.18. The summed E-state index contributed by atoms with van der Waals surface area (Å²) in [5.74, 6) is -0.992. The molecule has 11 heteroatoms. The molecule has 1 atom stereocenters. The predicted molar refractivity (Wildman–Crippen MR) is 116 cm³/mol. The zero-order chi connectivity index (χ0) is 25.0. The zero-order valence-corrected chi connectivity index (χ0v) is 18.9. The minimum Gasteiger partial charge on any atom is -0.444 e. The average Bonchev–Trinajstić information content (AvgIpc) is 3.43. The summed E-state index contributed by atoms with van der Waals surface area (Å²) in [7, 11) is 0. The van der Waals surface area contributed by atoms with Crippen molar-refractivity contribution in [3.8, 4) is 6.07 Å². The van der Waals surface area contributed by atoms with E-state index in [2.05, 4.69) is 5.32 Å². The van der Waals surface area contributed by atoms with E-state index < -0.39 is 46.2 Å². The van der Waals surface area contributed by atoms with Gasteiger partial charge in [-0.3, -0.25) is 4.79 Å². The number of amides is 1. The Kier molecular flexibility index (Phi) is 5.74. The molecule has 1 aromatic heterocycles. The number of carbonyl (C=O) groups excluding carboxylic acids is 1. The van der Waals surface area contributed by atoms with Gasteiger partial charge in [-0.1, -0.05) is 0 Å². The highest BCUT2D eigenvalue weighted by Gasteiger charge is 2.38. The van der Waals surface area contributed by atoms with Crippen molar-refractivity contribution in [1.29, 1.82) is 5.26 Å².